The second kappa shape index (κ2) is 6.57. The van der Waals surface area contributed by atoms with Crippen molar-refractivity contribution in [3.05, 3.63) is 22.9 Å². The molecule has 25 heavy (non-hydrogen) atoms. The van der Waals surface area contributed by atoms with Gasteiger partial charge in [0, 0.05) is 24.8 Å². The molecule has 0 spiro atoms. The van der Waals surface area contributed by atoms with Gasteiger partial charge in [-0.1, -0.05) is 13.8 Å². The van der Waals surface area contributed by atoms with Crippen molar-refractivity contribution in [3.63, 3.8) is 0 Å². The van der Waals surface area contributed by atoms with Crippen LogP contribution in [0.15, 0.2) is 6.07 Å². The van der Waals surface area contributed by atoms with Gasteiger partial charge in [-0.25, -0.2) is 22.9 Å². The topological polar surface area (TPSA) is 99.6 Å². The number of hydrogen-bond acceptors (Lipinski definition) is 5. The van der Waals surface area contributed by atoms with Crippen LogP contribution < -0.4 is 9.62 Å². The maximum absolute atomic E-state index is 11.7. The molecule has 2 atom stereocenters. The predicted octanol–water partition coefficient (Wildman–Crippen LogP) is 1.28. The van der Waals surface area contributed by atoms with Crippen molar-refractivity contribution < 1.29 is 18.3 Å². The molecule has 2 N–H and O–H groups in total. The molecule has 0 bridgehead atoms. The van der Waals surface area contributed by atoms with E-state index >= 15 is 0 Å². The van der Waals surface area contributed by atoms with Gasteiger partial charge in [-0.3, -0.25) is 0 Å². The highest BCUT2D eigenvalue weighted by Gasteiger charge is 2.38. The van der Waals surface area contributed by atoms with Gasteiger partial charge in [-0.15, -0.1) is 0 Å². The van der Waals surface area contributed by atoms with Crippen LogP contribution in [-0.2, 0) is 22.9 Å². The molecule has 0 radical (unpaired) electrons. The van der Waals surface area contributed by atoms with Gasteiger partial charge >= 0.3 is 5.97 Å². The summed E-state index contributed by atoms with van der Waals surface area (Å²) < 4.78 is 26.1. The normalized spacial score (nSPS) is 23.3. The van der Waals surface area contributed by atoms with Crippen LogP contribution in [0.2, 0.25) is 0 Å². The average molecular weight is 367 g/mol. The molecule has 0 aromatic carbocycles. The monoisotopic (exact) mass is 367 g/mol. The average Bonchev–Trinajstić information content (AvgIpc) is 3.09. The number of rotatable bonds is 5. The van der Waals surface area contributed by atoms with E-state index in [1.54, 1.807) is 6.07 Å². The molecule has 1 aromatic heterocycles. The van der Waals surface area contributed by atoms with Gasteiger partial charge in [-0.2, -0.15) is 0 Å². The van der Waals surface area contributed by atoms with Gasteiger partial charge < -0.3 is 10.0 Å². The number of carboxylic acids is 1. The number of sulfonamides is 1. The van der Waals surface area contributed by atoms with Crippen LogP contribution in [-0.4, -0.2) is 49.9 Å². The summed E-state index contributed by atoms with van der Waals surface area (Å²) >= 11 is 0. The Labute approximate surface area is 148 Å². The van der Waals surface area contributed by atoms with Crippen LogP contribution in [0.4, 0.5) is 5.82 Å². The Kier molecular flexibility index (Phi) is 4.76. The Morgan fingerprint density at radius 1 is 1.36 bits per heavy atom. The first kappa shape index (κ1) is 18.1. The number of carboxylic acid groups (broad SMARTS) is 1. The third kappa shape index (κ3) is 3.79. The summed E-state index contributed by atoms with van der Waals surface area (Å²) in [6, 6.07) is 1.50. The zero-order valence-corrected chi connectivity index (χ0v) is 15.6. The fourth-order valence-corrected chi connectivity index (χ4v) is 4.74. The van der Waals surface area contributed by atoms with Crippen LogP contribution in [0.1, 0.15) is 41.9 Å². The van der Waals surface area contributed by atoms with Crippen molar-refractivity contribution in [2.24, 2.45) is 11.8 Å². The molecule has 1 aromatic rings. The highest BCUT2D eigenvalue weighted by molar-refractivity contribution is 7.88. The minimum Gasteiger partial charge on any atom is -0.478 e. The maximum Gasteiger partial charge on any atom is 0.339 e. The zero-order valence-electron chi connectivity index (χ0n) is 14.8. The number of nitrogens with zero attached hydrogens (tertiary/aromatic N) is 2. The van der Waals surface area contributed by atoms with Crippen molar-refractivity contribution >= 4 is 21.8 Å². The van der Waals surface area contributed by atoms with Crippen molar-refractivity contribution in [1.82, 2.24) is 9.71 Å². The fourth-order valence-electron chi connectivity index (χ4n) is 3.94. The first-order chi connectivity index (χ1) is 11.7. The highest BCUT2D eigenvalue weighted by atomic mass is 32.2. The molecule has 8 heteroatoms. The number of anilines is 1. The molecule has 7 nitrogen and oxygen atoms in total. The Morgan fingerprint density at radius 2 is 2.08 bits per heavy atom. The summed E-state index contributed by atoms with van der Waals surface area (Å²) in [4.78, 5) is 18.3. The smallest absolute Gasteiger partial charge is 0.339 e. The van der Waals surface area contributed by atoms with E-state index < -0.39 is 16.0 Å². The lowest BCUT2D eigenvalue weighted by Crippen LogP contribution is -2.41. The third-order valence-electron chi connectivity index (χ3n) is 5.15. The Morgan fingerprint density at radius 3 is 2.68 bits per heavy atom. The minimum absolute atomic E-state index is 0.103. The van der Waals surface area contributed by atoms with Crippen molar-refractivity contribution in [2.75, 3.05) is 24.2 Å². The van der Waals surface area contributed by atoms with Crippen molar-refractivity contribution in [1.29, 1.82) is 0 Å². The van der Waals surface area contributed by atoms with Gasteiger partial charge in [0.1, 0.15) is 11.4 Å². The van der Waals surface area contributed by atoms with Gasteiger partial charge in [0.05, 0.1) is 6.26 Å². The molecule has 138 valence electrons. The van der Waals surface area contributed by atoms with E-state index in [1.165, 1.54) is 0 Å². The molecule has 1 fully saturated rings. The molecule has 2 aliphatic rings. The van der Waals surface area contributed by atoms with Gasteiger partial charge in [0.25, 0.3) is 0 Å². The summed E-state index contributed by atoms with van der Waals surface area (Å²) in [5.41, 5.74) is 2.20. The fraction of sp³-hybridized carbons (Fsp3) is 0.647. The summed E-state index contributed by atoms with van der Waals surface area (Å²) in [6.07, 6.45) is 3.89. The summed E-state index contributed by atoms with van der Waals surface area (Å²) in [5, 5.41) is 9.61. The number of hydrogen-bond donors (Lipinski definition) is 2. The SMILES string of the molecule is CC(C)[C@@H]1CN(c2nc3c(cc2C(=O)O)CCC3)C[C@H]1NS(C)(=O)=O. The van der Waals surface area contributed by atoms with E-state index in [0.29, 0.717) is 18.9 Å². The van der Waals surface area contributed by atoms with E-state index in [1.807, 2.05) is 4.90 Å². The van der Waals surface area contributed by atoms with E-state index in [-0.39, 0.29) is 23.4 Å². The second-order valence-corrected chi connectivity index (χ2v) is 9.21. The van der Waals surface area contributed by atoms with Gasteiger partial charge in [0.15, 0.2) is 0 Å². The molecule has 0 saturated carbocycles. The molecule has 1 saturated heterocycles. The van der Waals surface area contributed by atoms with Gasteiger partial charge in [0.2, 0.25) is 10.0 Å². The van der Waals surface area contributed by atoms with Crippen LogP contribution in [0, 0.1) is 11.8 Å². The lowest BCUT2D eigenvalue weighted by atomic mass is 9.92. The molecule has 1 aliphatic heterocycles. The second-order valence-electron chi connectivity index (χ2n) is 7.43. The first-order valence-corrected chi connectivity index (χ1v) is 10.5. The number of aromatic nitrogens is 1. The highest BCUT2D eigenvalue weighted by Crippen LogP contribution is 2.33. The predicted molar refractivity (Wildman–Crippen MR) is 95.5 cm³/mol. The summed E-state index contributed by atoms with van der Waals surface area (Å²) in [5.74, 6) is -0.146. The number of pyridine rings is 1. The number of aromatic carboxylic acids is 1. The molecular formula is C17H25N3O4S. The first-order valence-electron chi connectivity index (χ1n) is 8.64. The zero-order chi connectivity index (χ0) is 18.4. The molecular weight excluding hydrogens is 342 g/mol. The van der Waals surface area contributed by atoms with Crippen molar-refractivity contribution in [3.8, 4) is 0 Å². The van der Waals surface area contributed by atoms with Crippen LogP contribution in [0.3, 0.4) is 0 Å². The lowest BCUT2D eigenvalue weighted by molar-refractivity contribution is 0.0697. The molecule has 3 rings (SSSR count). The molecule has 1 aliphatic carbocycles. The lowest BCUT2D eigenvalue weighted by Gasteiger charge is -2.21. The largest absolute Gasteiger partial charge is 0.478 e. The molecule has 0 amide bonds. The number of nitrogens with one attached hydrogen (secondary N) is 1. The third-order valence-corrected chi connectivity index (χ3v) is 5.88. The van der Waals surface area contributed by atoms with E-state index in [4.69, 9.17) is 0 Å². The Bertz CT molecular complexity index is 791. The summed E-state index contributed by atoms with van der Waals surface area (Å²) in [6.45, 7) is 5.14. The summed E-state index contributed by atoms with van der Waals surface area (Å²) in [7, 11) is -3.33. The van der Waals surface area contributed by atoms with Crippen molar-refractivity contribution in [2.45, 2.75) is 39.2 Å². The van der Waals surface area contributed by atoms with E-state index in [2.05, 4.69) is 23.6 Å². The Hall–Kier alpha value is -1.67. The quantitative estimate of drug-likeness (QED) is 0.813. The number of fused-ring (bicyclic) bond motifs is 1. The molecule has 0 unspecified atom stereocenters. The molecule has 2 heterocycles. The van der Waals surface area contributed by atoms with Gasteiger partial charge in [-0.05, 0) is 42.7 Å². The number of carbonyl (C=O) groups is 1. The van der Waals surface area contributed by atoms with E-state index in [0.717, 1.165) is 36.8 Å². The standard InChI is InChI=1S/C17H25N3O4S/c1-10(2)13-8-20(9-15(13)19-25(3,23)24)16-12(17(21)22)7-11-5-4-6-14(11)18-16/h7,10,13,15,19H,4-6,8-9H2,1-3H3,(H,21,22)/t13-,15+/m0/s1. The van der Waals surface area contributed by atoms with Crippen LogP contribution in [0.25, 0.3) is 0 Å². The maximum atomic E-state index is 11.7. The van der Waals surface area contributed by atoms with Crippen LogP contribution in [0.5, 0.6) is 0 Å². The Balaban J connectivity index is 1.95. The number of aryl methyl sites for hydroxylation is 2. The minimum atomic E-state index is -3.33. The van der Waals surface area contributed by atoms with E-state index in [9.17, 15) is 18.3 Å². The van der Waals surface area contributed by atoms with Crippen LogP contribution >= 0.6 is 0 Å².